The first kappa shape index (κ1) is 13.4. The molecule has 0 heterocycles. The van der Waals surface area contributed by atoms with Crippen LogP contribution in [0.4, 0.5) is 0 Å². The molecule has 1 aromatic carbocycles. The van der Waals surface area contributed by atoms with E-state index in [-0.39, 0.29) is 40.2 Å². The van der Waals surface area contributed by atoms with Crippen molar-refractivity contribution in [2.24, 2.45) is 0 Å². The van der Waals surface area contributed by atoms with Crippen LogP contribution in [-0.2, 0) is 11.1 Å². The molecule has 66 valence electrons. The minimum atomic E-state index is -2.28. The van der Waals surface area contributed by atoms with Gasteiger partial charge in [0.05, 0.1) is 12.0 Å². The second-order valence-electron chi connectivity index (χ2n) is 2.03. The second kappa shape index (κ2) is 6.01. The third kappa shape index (κ3) is 3.58. The van der Waals surface area contributed by atoms with E-state index in [0.29, 0.717) is 5.02 Å². The van der Waals surface area contributed by atoms with Crippen LogP contribution in [0.2, 0.25) is 5.02 Å². The van der Waals surface area contributed by atoms with Crippen LogP contribution in [0.15, 0.2) is 23.1 Å². The summed E-state index contributed by atoms with van der Waals surface area (Å²) in [5.41, 5.74) is 0. The molecular weight excluding hydrogens is 223 g/mol. The van der Waals surface area contributed by atoms with Crippen molar-refractivity contribution in [2.45, 2.75) is 4.90 Å². The predicted molar refractivity (Wildman–Crippen MR) is 45.2 cm³/mol. The van der Waals surface area contributed by atoms with Crippen LogP contribution in [0.1, 0.15) is 0 Å². The number of rotatable bonds is 2. The fourth-order valence-corrected chi connectivity index (χ4v) is 1.43. The first-order valence-corrected chi connectivity index (χ1v) is 4.53. The van der Waals surface area contributed by atoms with E-state index in [4.69, 9.17) is 16.3 Å². The van der Waals surface area contributed by atoms with Crippen LogP contribution in [-0.4, -0.2) is 15.9 Å². The molecule has 0 bridgehead atoms. The molecule has 0 N–H and O–H groups in total. The van der Waals surface area contributed by atoms with Gasteiger partial charge >= 0.3 is 29.6 Å². The van der Waals surface area contributed by atoms with Crippen molar-refractivity contribution >= 4 is 22.7 Å². The van der Waals surface area contributed by atoms with Crippen molar-refractivity contribution in [3.8, 4) is 5.75 Å². The van der Waals surface area contributed by atoms with Crippen molar-refractivity contribution < 1.29 is 43.1 Å². The van der Waals surface area contributed by atoms with Crippen LogP contribution in [0.3, 0.4) is 0 Å². The normalized spacial score (nSPS) is 11.6. The molecule has 0 aliphatic heterocycles. The van der Waals surface area contributed by atoms with Crippen molar-refractivity contribution in [3.63, 3.8) is 0 Å². The molecular formula is C7H6ClNaO3S. The van der Waals surface area contributed by atoms with Crippen molar-refractivity contribution in [2.75, 3.05) is 7.11 Å². The van der Waals surface area contributed by atoms with Crippen molar-refractivity contribution in [1.82, 2.24) is 0 Å². The van der Waals surface area contributed by atoms with Gasteiger partial charge in [-0.15, -0.1) is 0 Å². The van der Waals surface area contributed by atoms with E-state index in [1.165, 1.54) is 25.3 Å². The van der Waals surface area contributed by atoms with Gasteiger partial charge in [0.2, 0.25) is 0 Å². The van der Waals surface area contributed by atoms with Gasteiger partial charge in [-0.3, -0.25) is 4.21 Å². The summed E-state index contributed by atoms with van der Waals surface area (Å²) < 4.78 is 25.9. The first-order valence-electron chi connectivity index (χ1n) is 3.08. The van der Waals surface area contributed by atoms with Crippen LogP contribution >= 0.6 is 11.6 Å². The Labute approximate surface area is 106 Å². The Hall–Kier alpha value is 0.420. The van der Waals surface area contributed by atoms with Crippen LogP contribution in [0.5, 0.6) is 5.75 Å². The third-order valence-corrected chi connectivity index (χ3v) is 2.24. The van der Waals surface area contributed by atoms with E-state index in [0.717, 1.165) is 0 Å². The predicted octanol–water partition coefficient (Wildman–Crippen LogP) is -1.41. The molecule has 6 heteroatoms. The molecule has 0 aromatic heterocycles. The van der Waals surface area contributed by atoms with Gasteiger partial charge in [0.25, 0.3) is 0 Å². The van der Waals surface area contributed by atoms with Crippen LogP contribution < -0.4 is 34.3 Å². The zero-order valence-corrected chi connectivity index (χ0v) is 10.8. The third-order valence-electron chi connectivity index (χ3n) is 1.31. The number of methoxy groups -OCH3 is 1. The van der Waals surface area contributed by atoms with Gasteiger partial charge in [0.15, 0.2) is 0 Å². The summed E-state index contributed by atoms with van der Waals surface area (Å²) >= 11 is 3.34. The maximum atomic E-state index is 10.6. The summed E-state index contributed by atoms with van der Waals surface area (Å²) in [6, 6.07) is 4.34. The van der Waals surface area contributed by atoms with Gasteiger partial charge < -0.3 is 9.29 Å². The summed E-state index contributed by atoms with van der Waals surface area (Å²) in [4.78, 5) is 0.113. The molecule has 1 rings (SSSR count). The van der Waals surface area contributed by atoms with Crippen molar-refractivity contribution in [3.05, 3.63) is 23.2 Å². The fraction of sp³-hybridized carbons (Fsp3) is 0.143. The van der Waals surface area contributed by atoms with Crippen LogP contribution in [0.25, 0.3) is 0 Å². The Morgan fingerprint density at radius 3 is 2.62 bits per heavy atom. The molecule has 0 radical (unpaired) electrons. The summed E-state index contributed by atoms with van der Waals surface area (Å²) in [6.45, 7) is 0. The Morgan fingerprint density at radius 1 is 1.54 bits per heavy atom. The molecule has 0 aliphatic rings. The molecule has 0 spiro atoms. The minimum absolute atomic E-state index is 0. The van der Waals surface area contributed by atoms with Gasteiger partial charge in [0, 0.05) is 5.02 Å². The van der Waals surface area contributed by atoms with Gasteiger partial charge in [-0.2, -0.15) is 0 Å². The van der Waals surface area contributed by atoms with E-state index in [1.54, 1.807) is 0 Å². The van der Waals surface area contributed by atoms with Gasteiger partial charge in [-0.25, -0.2) is 0 Å². The second-order valence-corrected chi connectivity index (χ2v) is 3.38. The van der Waals surface area contributed by atoms with E-state index in [1.807, 2.05) is 0 Å². The average molecular weight is 229 g/mol. The summed E-state index contributed by atoms with van der Waals surface area (Å²) in [5.74, 6) is 0.260. The molecule has 0 fully saturated rings. The molecule has 0 aliphatic carbocycles. The quantitative estimate of drug-likeness (QED) is 0.462. The minimum Gasteiger partial charge on any atom is -0.768 e. The Bertz CT molecular complexity index is 319. The summed E-state index contributed by atoms with van der Waals surface area (Å²) in [6.07, 6.45) is 0. The first-order chi connectivity index (χ1) is 5.65. The number of benzene rings is 1. The molecule has 1 aromatic rings. The monoisotopic (exact) mass is 228 g/mol. The molecule has 0 amide bonds. The van der Waals surface area contributed by atoms with Gasteiger partial charge in [0.1, 0.15) is 5.75 Å². The van der Waals surface area contributed by atoms with Crippen LogP contribution in [0, 0.1) is 0 Å². The number of hydrogen-bond acceptors (Lipinski definition) is 3. The Kier molecular flexibility index (Phi) is 6.20. The zero-order valence-electron chi connectivity index (χ0n) is 7.24. The maximum Gasteiger partial charge on any atom is 1.00 e. The zero-order chi connectivity index (χ0) is 9.14. The summed E-state index contributed by atoms with van der Waals surface area (Å²) in [5, 5.41) is 0.445. The number of ether oxygens (including phenoxy) is 1. The SMILES string of the molecule is COc1cc(Cl)ccc1S(=O)[O-].[Na+]. The number of hydrogen-bond donors (Lipinski definition) is 0. The van der Waals surface area contributed by atoms with Gasteiger partial charge in [-0.1, -0.05) is 11.6 Å². The Balaban J connectivity index is 0.00000144. The smallest absolute Gasteiger partial charge is 0.768 e. The molecule has 13 heavy (non-hydrogen) atoms. The van der Waals surface area contributed by atoms with Gasteiger partial charge in [-0.05, 0) is 29.3 Å². The molecule has 0 saturated carbocycles. The largest absolute Gasteiger partial charge is 1.00 e. The molecule has 0 saturated heterocycles. The molecule has 1 unspecified atom stereocenters. The fourth-order valence-electron chi connectivity index (χ4n) is 0.779. The molecule has 3 nitrogen and oxygen atoms in total. The van der Waals surface area contributed by atoms with E-state index < -0.39 is 11.1 Å². The standard InChI is InChI=1S/C7H7ClO3S.Na/c1-11-6-4-5(8)2-3-7(6)12(9)10;/h2-4H,1H3,(H,9,10);/q;+1/p-1. The van der Waals surface area contributed by atoms with Crippen molar-refractivity contribution in [1.29, 1.82) is 0 Å². The Morgan fingerprint density at radius 2 is 2.15 bits per heavy atom. The van der Waals surface area contributed by atoms with E-state index in [2.05, 4.69) is 0 Å². The molecule has 1 atom stereocenters. The maximum absolute atomic E-state index is 10.6. The number of halogens is 1. The topological polar surface area (TPSA) is 49.4 Å². The summed E-state index contributed by atoms with van der Waals surface area (Å²) in [7, 11) is 1.39. The van der Waals surface area contributed by atoms with E-state index in [9.17, 15) is 8.76 Å². The average Bonchev–Trinajstić information content (AvgIpc) is 2.03. The van der Waals surface area contributed by atoms with E-state index >= 15 is 0 Å².